The van der Waals surface area contributed by atoms with Crippen molar-refractivity contribution >= 4 is 33.5 Å². The Morgan fingerprint density at radius 3 is 2.44 bits per heavy atom. The van der Waals surface area contributed by atoms with Gasteiger partial charge in [-0.05, 0) is 18.2 Å². The van der Waals surface area contributed by atoms with Gasteiger partial charge in [-0.1, -0.05) is 12.1 Å². The van der Waals surface area contributed by atoms with Gasteiger partial charge in [-0.15, -0.1) is 11.3 Å². The summed E-state index contributed by atoms with van der Waals surface area (Å²) >= 11 is 1.54. The predicted octanol–water partition coefficient (Wildman–Crippen LogP) is 3.65. The maximum absolute atomic E-state index is 12.2. The number of carbonyl (C=O) groups is 1. The van der Waals surface area contributed by atoms with Crippen LogP contribution in [-0.2, 0) is 11.3 Å². The van der Waals surface area contributed by atoms with Crippen LogP contribution in [0, 0.1) is 0 Å². The zero-order valence-corrected chi connectivity index (χ0v) is 16.1. The van der Waals surface area contributed by atoms with Crippen LogP contribution < -0.4 is 19.5 Å². The lowest BCUT2D eigenvalue weighted by Gasteiger charge is -2.15. The van der Waals surface area contributed by atoms with Crippen LogP contribution in [0.1, 0.15) is 10.6 Å². The van der Waals surface area contributed by atoms with Gasteiger partial charge in [0.15, 0.2) is 0 Å². The van der Waals surface area contributed by atoms with Crippen LogP contribution in [0.2, 0.25) is 0 Å². The van der Waals surface area contributed by atoms with Crippen molar-refractivity contribution in [2.75, 3.05) is 21.3 Å². The third-order valence-electron chi connectivity index (χ3n) is 3.94. The number of thiazole rings is 1. The SMILES string of the molecule is COc1cc(OC)c(CNC(=O)C=Cc2nc3ccccc3s2)c(OC)c1. The van der Waals surface area contributed by atoms with E-state index >= 15 is 0 Å². The third-order valence-corrected chi connectivity index (χ3v) is 4.95. The number of rotatable bonds is 7. The first-order chi connectivity index (χ1) is 13.1. The van der Waals surface area contributed by atoms with Gasteiger partial charge in [0.2, 0.25) is 5.91 Å². The fourth-order valence-electron chi connectivity index (χ4n) is 2.59. The second-order valence-corrected chi connectivity index (χ2v) is 6.64. The molecule has 0 unspecified atom stereocenters. The van der Waals surface area contributed by atoms with Gasteiger partial charge in [0.05, 0.1) is 43.7 Å². The lowest BCUT2D eigenvalue weighted by molar-refractivity contribution is -0.116. The van der Waals surface area contributed by atoms with E-state index in [0.29, 0.717) is 17.2 Å². The fraction of sp³-hybridized carbons (Fsp3) is 0.200. The first-order valence-corrected chi connectivity index (χ1v) is 9.06. The summed E-state index contributed by atoms with van der Waals surface area (Å²) in [6.07, 6.45) is 3.18. The highest BCUT2D eigenvalue weighted by Gasteiger charge is 2.13. The van der Waals surface area contributed by atoms with Crippen LogP contribution in [0.15, 0.2) is 42.5 Å². The van der Waals surface area contributed by atoms with Gasteiger partial charge < -0.3 is 19.5 Å². The van der Waals surface area contributed by atoms with E-state index in [2.05, 4.69) is 10.3 Å². The molecule has 0 spiro atoms. The van der Waals surface area contributed by atoms with E-state index in [1.54, 1.807) is 39.5 Å². The monoisotopic (exact) mass is 384 g/mol. The zero-order valence-electron chi connectivity index (χ0n) is 15.3. The molecule has 1 aromatic heterocycles. The number of ether oxygens (including phenoxy) is 3. The molecule has 0 aliphatic carbocycles. The summed E-state index contributed by atoms with van der Waals surface area (Å²) < 4.78 is 17.1. The molecule has 0 fully saturated rings. The molecule has 3 rings (SSSR count). The average Bonchev–Trinajstić information content (AvgIpc) is 3.13. The lowest BCUT2D eigenvalue weighted by Crippen LogP contribution is -2.21. The van der Waals surface area contributed by atoms with E-state index in [1.807, 2.05) is 24.3 Å². The molecule has 0 saturated heterocycles. The smallest absolute Gasteiger partial charge is 0.244 e. The van der Waals surface area contributed by atoms with Crippen LogP contribution in [0.4, 0.5) is 0 Å². The topological polar surface area (TPSA) is 69.7 Å². The Kier molecular flexibility index (Phi) is 5.93. The highest BCUT2D eigenvalue weighted by atomic mass is 32.1. The summed E-state index contributed by atoms with van der Waals surface area (Å²) in [4.78, 5) is 16.7. The van der Waals surface area contributed by atoms with Crippen molar-refractivity contribution in [3.8, 4) is 17.2 Å². The van der Waals surface area contributed by atoms with E-state index < -0.39 is 0 Å². The predicted molar refractivity (Wildman–Crippen MR) is 107 cm³/mol. The molecule has 0 bridgehead atoms. The molecule has 3 aromatic rings. The number of para-hydroxylation sites is 1. The van der Waals surface area contributed by atoms with Crippen LogP contribution in [-0.4, -0.2) is 32.2 Å². The minimum Gasteiger partial charge on any atom is -0.496 e. The molecule has 140 valence electrons. The second-order valence-electron chi connectivity index (χ2n) is 5.58. The Balaban J connectivity index is 1.70. The van der Waals surface area contributed by atoms with Crippen LogP contribution in [0.3, 0.4) is 0 Å². The highest BCUT2D eigenvalue weighted by Crippen LogP contribution is 2.33. The summed E-state index contributed by atoms with van der Waals surface area (Å²) in [6, 6.07) is 11.4. The first-order valence-electron chi connectivity index (χ1n) is 8.25. The number of nitrogens with one attached hydrogen (secondary N) is 1. The molecule has 7 heteroatoms. The molecular formula is C20H20N2O4S. The minimum absolute atomic E-state index is 0.228. The molecule has 0 aliphatic heterocycles. The van der Waals surface area contributed by atoms with Gasteiger partial charge in [0.1, 0.15) is 22.3 Å². The van der Waals surface area contributed by atoms with E-state index in [0.717, 1.165) is 20.8 Å². The number of nitrogens with zero attached hydrogens (tertiary/aromatic N) is 1. The van der Waals surface area contributed by atoms with Crippen LogP contribution in [0.5, 0.6) is 17.2 Å². The summed E-state index contributed by atoms with van der Waals surface area (Å²) in [7, 11) is 4.70. The average molecular weight is 384 g/mol. The maximum Gasteiger partial charge on any atom is 0.244 e. The van der Waals surface area contributed by atoms with Gasteiger partial charge in [0.25, 0.3) is 0 Å². The Labute approximate surface area is 161 Å². The lowest BCUT2D eigenvalue weighted by atomic mass is 10.1. The molecule has 0 atom stereocenters. The minimum atomic E-state index is -0.228. The Morgan fingerprint density at radius 2 is 1.81 bits per heavy atom. The molecule has 0 aliphatic rings. The molecule has 1 N–H and O–H groups in total. The van der Waals surface area contributed by atoms with Crippen molar-refractivity contribution in [1.82, 2.24) is 10.3 Å². The first kappa shape index (κ1) is 18.7. The van der Waals surface area contributed by atoms with Crippen molar-refractivity contribution in [2.24, 2.45) is 0 Å². The van der Waals surface area contributed by atoms with E-state index in [4.69, 9.17) is 14.2 Å². The van der Waals surface area contributed by atoms with Crippen molar-refractivity contribution < 1.29 is 19.0 Å². The quantitative estimate of drug-likeness (QED) is 0.630. The number of methoxy groups -OCH3 is 3. The Bertz CT molecular complexity index is 923. The summed E-state index contributed by atoms with van der Waals surface area (Å²) in [6.45, 7) is 0.263. The fourth-order valence-corrected chi connectivity index (χ4v) is 3.47. The standard InChI is InChI=1S/C20H20N2O4S/c1-24-13-10-16(25-2)14(17(11-13)26-3)12-21-19(23)8-9-20-22-15-6-4-5-7-18(15)27-20/h4-11H,12H2,1-3H3,(H,21,23). The normalized spacial score (nSPS) is 10.9. The van der Waals surface area contributed by atoms with Gasteiger partial charge >= 0.3 is 0 Å². The highest BCUT2D eigenvalue weighted by molar-refractivity contribution is 7.19. The van der Waals surface area contributed by atoms with Crippen LogP contribution >= 0.6 is 11.3 Å². The van der Waals surface area contributed by atoms with Crippen LogP contribution in [0.25, 0.3) is 16.3 Å². The number of carbonyl (C=O) groups excluding carboxylic acids is 1. The number of aromatic nitrogens is 1. The number of benzene rings is 2. The largest absolute Gasteiger partial charge is 0.496 e. The number of fused-ring (bicyclic) bond motifs is 1. The molecule has 27 heavy (non-hydrogen) atoms. The van der Waals surface area contributed by atoms with Crippen molar-refractivity contribution in [1.29, 1.82) is 0 Å². The molecular weight excluding hydrogens is 364 g/mol. The van der Waals surface area contributed by atoms with E-state index in [-0.39, 0.29) is 12.5 Å². The molecule has 0 radical (unpaired) electrons. The Morgan fingerprint density at radius 1 is 1.11 bits per heavy atom. The number of hydrogen-bond acceptors (Lipinski definition) is 6. The van der Waals surface area contributed by atoms with Gasteiger partial charge in [0, 0.05) is 18.2 Å². The maximum atomic E-state index is 12.2. The number of hydrogen-bond donors (Lipinski definition) is 1. The van der Waals surface area contributed by atoms with Crippen molar-refractivity contribution in [3.05, 3.63) is 53.0 Å². The molecule has 6 nitrogen and oxygen atoms in total. The zero-order chi connectivity index (χ0) is 19.2. The van der Waals surface area contributed by atoms with Gasteiger partial charge in [-0.3, -0.25) is 4.79 Å². The Hall–Kier alpha value is -3.06. The molecule has 1 amide bonds. The van der Waals surface area contributed by atoms with Gasteiger partial charge in [-0.25, -0.2) is 4.98 Å². The van der Waals surface area contributed by atoms with Gasteiger partial charge in [-0.2, -0.15) is 0 Å². The molecule has 2 aromatic carbocycles. The van der Waals surface area contributed by atoms with E-state index in [9.17, 15) is 4.79 Å². The number of amides is 1. The summed E-state index contributed by atoms with van der Waals surface area (Å²) in [5, 5.41) is 3.62. The van der Waals surface area contributed by atoms with E-state index in [1.165, 1.54) is 17.4 Å². The second kappa shape index (κ2) is 8.55. The third kappa shape index (κ3) is 4.38. The van der Waals surface area contributed by atoms with Crippen molar-refractivity contribution in [2.45, 2.75) is 6.54 Å². The van der Waals surface area contributed by atoms with Crippen molar-refractivity contribution in [3.63, 3.8) is 0 Å². The summed E-state index contributed by atoms with van der Waals surface area (Å²) in [5.41, 5.74) is 1.66. The molecule has 0 saturated carbocycles. The summed E-state index contributed by atoms with van der Waals surface area (Å²) in [5.74, 6) is 1.56. The molecule has 1 heterocycles.